The van der Waals surface area contributed by atoms with Gasteiger partial charge in [-0.25, -0.2) is 0 Å². The van der Waals surface area contributed by atoms with Crippen LogP contribution in [0.2, 0.25) is 0 Å². The Kier molecular flexibility index (Phi) is 6.02. The van der Waals surface area contributed by atoms with E-state index in [0.717, 1.165) is 6.42 Å². The van der Waals surface area contributed by atoms with E-state index in [0.29, 0.717) is 29.7 Å². The molecule has 0 radical (unpaired) electrons. The summed E-state index contributed by atoms with van der Waals surface area (Å²) in [5, 5.41) is 10.3. The van der Waals surface area contributed by atoms with E-state index in [1.807, 2.05) is 0 Å². The molecule has 0 saturated heterocycles. The van der Waals surface area contributed by atoms with Gasteiger partial charge in [0.05, 0.1) is 0 Å². The fraction of sp³-hybridized carbons (Fsp3) is 0.708. The van der Waals surface area contributed by atoms with E-state index in [9.17, 15) is 19.5 Å². The normalized spacial score (nSPS) is 38.9. The Morgan fingerprint density at radius 2 is 1.90 bits per heavy atom. The van der Waals surface area contributed by atoms with Crippen molar-refractivity contribution in [3.63, 3.8) is 0 Å². The monoisotopic (exact) mass is 418 g/mol. The van der Waals surface area contributed by atoms with Crippen molar-refractivity contribution in [1.82, 2.24) is 0 Å². The molecule has 3 saturated carbocycles. The van der Waals surface area contributed by atoms with Gasteiger partial charge in [0.2, 0.25) is 0 Å². The number of hydrogen-bond donors (Lipinski definition) is 1. The van der Waals surface area contributed by atoms with Gasteiger partial charge in [0, 0.05) is 19.3 Å². The van der Waals surface area contributed by atoms with Crippen LogP contribution in [0.5, 0.6) is 0 Å². The van der Waals surface area contributed by atoms with E-state index in [1.165, 1.54) is 39.3 Å². The number of aliphatic hydroxyl groups is 1. The third kappa shape index (κ3) is 3.86. The molecule has 8 atom stereocenters. The molecule has 0 aliphatic heterocycles. The van der Waals surface area contributed by atoms with E-state index in [-0.39, 0.29) is 41.7 Å². The molecule has 3 aliphatic rings. The lowest BCUT2D eigenvalue weighted by Crippen LogP contribution is -2.57. The van der Waals surface area contributed by atoms with Crippen LogP contribution < -0.4 is 0 Å². The number of carbonyl (C=O) groups excluding carboxylic acids is 3. The summed E-state index contributed by atoms with van der Waals surface area (Å²) in [6, 6.07) is 0. The molecule has 3 fully saturated rings. The topological polar surface area (TPSA) is 89.9 Å². The third-order valence-corrected chi connectivity index (χ3v) is 7.82. The molecule has 30 heavy (non-hydrogen) atoms. The molecule has 1 unspecified atom stereocenters. The molecule has 6 nitrogen and oxygen atoms in total. The summed E-state index contributed by atoms with van der Waals surface area (Å²) in [7, 11) is 0. The average Bonchev–Trinajstić information content (AvgIpc) is 3.10. The van der Waals surface area contributed by atoms with Crippen molar-refractivity contribution in [3.8, 4) is 0 Å². The zero-order valence-corrected chi connectivity index (χ0v) is 18.6. The van der Waals surface area contributed by atoms with Crippen molar-refractivity contribution in [3.05, 3.63) is 24.3 Å². The van der Waals surface area contributed by atoms with E-state index in [4.69, 9.17) is 9.47 Å². The van der Waals surface area contributed by atoms with Crippen molar-refractivity contribution in [2.45, 2.75) is 65.6 Å². The van der Waals surface area contributed by atoms with Gasteiger partial charge in [0.15, 0.2) is 5.78 Å². The first-order valence-corrected chi connectivity index (χ1v) is 10.8. The Labute approximate surface area is 178 Å². The number of esters is 2. The first-order chi connectivity index (χ1) is 13.9. The molecule has 0 aromatic rings. The van der Waals surface area contributed by atoms with Gasteiger partial charge in [-0.15, -0.1) is 0 Å². The molecule has 1 N–H and O–H groups in total. The van der Waals surface area contributed by atoms with Crippen LogP contribution in [0.15, 0.2) is 24.3 Å². The molecule has 0 spiro atoms. The summed E-state index contributed by atoms with van der Waals surface area (Å²) < 4.78 is 10.6. The molecular weight excluding hydrogens is 384 g/mol. The van der Waals surface area contributed by atoms with Crippen LogP contribution in [0, 0.1) is 35.0 Å². The second-order valence-electron chi connectivity index (χ2n) is 9.93. The predicted molar refractivity (Wildman–Crippen MR) is 111 cm³/mol. The van der Waals surface area contributed by atoms with Gasteiger partial charge in [-0.3, -0.25) is 14.4 Å². The highest BCUT2D eigenvalue weighted by Crippen LogP contribution is 2.73. The highest BCUT2D eigenvalue weighted by atomic mass is 16.5. The Balaban J connectivity index is 1.76. The molecule has 0 bridgehead atoms. The van der Waals surface area contributed by atoms with E-state index >= 15 is 0 Å². The van der Waals surface area contributed by atoms with Crippen LogP contribution in [0.3, 0.4) is 0 Å². The average molecular weight is 419 g/mol. The van der Waals surface area contributed by atoms with Crippen molar-refractivity contribution >= 4 is 17.7 Å². The highest BCUT2D eigenvalue weighted by Gasteiger charge is 2.72. The van der Waals surface area contributed by atoms with Crippen LogP contribution >= 0.6 is 0 Å². The maximum Gasteiger partial charge on any atom is 0.302 e. The first-order valence-electron chi connectivity index (χ1n) is 10.8. The minimum Gasteiger partial charge on any atom is -0.462 e. The predicted octanol–water partition coefficient (Wildman–Crippen LogP) is 3.23. The van der Waals surface area contributed by atoms with Crippen molar-refractivity contribution in [2.75, 3.05) is 6.61 Å². The van der Waals surface area contributed by atoms with Crippen LogP contribution in [0.1, 0.15) is 53.9 Å². The van der Waals surface area contributed by atoms with Crippen LogP contribution in [-0.4, -0.2) is 41.1 Å². The number of fused-ring (bicyclic) bond motifs is 4. The first kappa shape index (κ1) is 22.7. The van der Waals surface area contributed by atoms with Gasteiger partial charge in [-0.1, -0.05) is 26.8 Å². The molecule has 6 heteroatoms. The maximum atomic E-state index is 12.9. The summed E-state index contributed by atoms with van der Waals surface area (Å²) in [6.07, 6.45) is 5.39. The minimum atomic E-state index is -1.44. The molecular formula is C24H34O6. The number of ether oxygens (including phenoxy) is 2. The van der Waals surface area contributed by atoms with Crippen molar-refractivity contribution in [2.24, 2.45) is 35.0 Å². The summed E-state index contributed by atoms with van der Waals surface area (Å²) >= 11 is 0. The number of carbonyl (C=O) groups is 3. The van der Waals surface area contributed by atoms with E-state index in [2.05, 4.69) is 20.4 Å². The van der Waals surface area contributed by atoms with E-state index < -0.39 is 11.6 Å². The largest absolute Gasteiger partial charge is 0.462 e. The SMILES string of the molecule is C=C(C(=O)/C=C/C(C)(O)COC(C)=O)[C@@H]1C[C@@H](OC(C)=O)[C@@]2(C)[C@@H]1[C@@H]1[C@H](C)CC[C@@H]12. The third-order valence-electron chi connectivity index (χ3n) is 7.82. The van der Waals surface area contributed by atoms with Gasteiger partial charge in [0.1, 0.15) is 18.3 Å². The molecule has 0 amide bonds. The summed E-state index contributed by atoms with van der Waals surface area (Å²) in [4.78, 5) is 35.6. The quantitative estimate of drug-likeness (QED) is 0.504. The fourth-order valence-corrected chi connectivity index (χ4v) is 6.46. The number of hydrogen-bond acceptors (Lipinski definition) is 6. The second kappa shape index (κ2) is 7.95. The highest BCUT2D eigenvalue weighted by molar-refractivity contribution is 6.04. The van der Waals surface area contributed by atoms with Gasteiger partial charge >= 0.3 is 11.9 Å². The lowest BCUT2D eigenvalue weighted by molar-refractivity contribution is -0.177. The zero-order chi connectivity index (χ0) is 22.4. The fourth-order valence-electron chi connectivity index (χ4n) is 6.46. The van der Waals surface area contributed by atoms with Crippen molar-refractivity contribution < 1.29 is 29.0 Å². The number of ketones is 1. The lowest BCUT2D eigenvalue weighted by atomic mass is 9.46. The Bertz CT molecular complexity index is 781. The number of allylic oxidation sites excluding steroid dienone is 2. The zero-order valence-electron chi connectivity index (χ0n) is 18.6. The molecule has 0 aromatic heterocycles. The maximum absolute atomic E-state index is 12.9. The Hall–Kier alpha value is -1.95. The van der Waals surface area contributed by atoms with Gasteiger partial charge < -0.3 is 14.6 Å². The molecule has 3 aliphatic carbocycles. The number of rotatable bonds is 7. The Morgan fingerprint density at radius 3 is 2.50 bits per heavy atom. The van der Waals surface area contributed by atoms with E-state index in [1.54, 1.807) is 0 Å². The van der Waals surface area contributed by atoms with Gasteiger partial charge in [-0.05, 0) is 67.1 Å². The van der Waals surface area contributed by atoms with Crippen molar-refractivity contribution in [1.29, 1.82) is 0 Å². The summed E-state index contributed by atoms with van der Waals surface area (Å²) in [6.45, 7) is 12.5. The van der Waals surface area contributed by atoms with Crippen LogP contribution in [0.4, 0.5) is 0 Å². The molecule has 166 valence electrons. The smallest absolute Gasteiger partial charge is 0.302 e. The van der Waals surface area contributed by atoms with Crippen LogP contribution in [-0.2, 0) is 23.9 Å². The lowest BCUT2D eigenvalue weighted by Gasteiger charge is -2.58. The Morgan fingerprint density at radius 1 is 1.23 bits per heavy atom. The summed E-state index contributed by atoms with van der Waals surface area (Å²) in [5.41, 5.74) is -1.05. The second-order valence-corrected chi connectivity index (χ2v) is 9.93. The standard InChI is InChI=1S/C24H34O6/c1-13-7-8-18-21(13)22-17(11-20(24(18,22)6)30-16(4)26)14(2)19(27)9-10-23(5,28)12-29-15(3)25/h9-10,13,17-18,20-22,28H,2,7-8,11-12H2,1,3-6H3/b10-9+/t13-,17+,18+,20-,21-,22+,23?,24+/m1/s1. The molecule has 3 rings (SSSR count). The van der Waals surface area contributed by atoms with Crippen LogP contribution in [0.25, 0.3) is 0 Å². The van der Waals surface area contributed by atoms with Gasteiger partial charge in [-0.2, -0.15) is 0 Å². The minimum absolute atomic E-state index is 0.0447. The molecule has 0 aromatic carbocycles. The molecule has 0 heterocycles. The van der Waals surface area contributed by atoms with Gasteiger partial charge in [0.25, 0.3) is 0 Å². The summed E-state index contributed by atoms with van der Waals surface area (Å²) in [5.74, 6) is 0.848.